The Morgan fingerprint density at radius 2 is 1.78 bits per heavy atom. The Bertz CT molecular complexity index is 1170. The van der Waals surface area contributed by atoms with Crippen LogP contribution in [-0.2, 0) is 9.47 Å². The van der Waals surface area contributed by atoms with Crippen LogP contribution >= 0.6 is 11.8 Å². The fourth-order valence-electron chi connectivity index (χ4n) is 2.99. The molecule has 4 rings (SSSR count). The van der Waals surface area contributed by atoms with E-state index < -0.39 is 40.0 Å². The van der Waals surface area contributed by atoms with Gasteiger partial charge in [-0.15, -0.1) is 0 Å². The van der Waals surface area contributed by atoms with Crippen LogP contribution in [0.3, 0.4) is 0 Å². The number of hydrogen-bond acceptors (Lipinski definition) is 7. The number of anilines is 1. The predicted octanol–water partition coefficient (Wildman–Crippen LogP) is 3.08. The van der Waals surface area contributed by atoms with Gasteiger partial charge in [0, 0.05) is 11.8 Å². The second-order valence-electron chi connectivity index (χ2n) is 6.77. The van der Waals surface area contributed by atoms with Gasteiger partial charge in [-0.2, -0.15) is 4.98 Å². The molecule has 164 valence electrons. The summed E-state index contributed by atoms with van der Waals surface area (Å²) in [7, 11) is 0. The molecule has 32 heavy (non-hydrogen) atoms. The van der Waals surface area contributed by atoms with Gasteiger partial charge in [-0.05, 0) is 24.3 Å². The molecule has 1 fully saturated rings. The van der Waals surface area contributed by atoms with Gasteiger partial charge in [0.15, 0.2) is 11.6 Å². The van der Waals surface area contributed by atoms with Gasteiger partial charge in [0.1, 0.15) is 17.4 Å². The van der Waals surface area contributed by atoms with Crippen molar-refractivity contribution in [3.63, 3.8) is 0 Å². The summed E-state index contributed by atoms with van der Waals surface area (Å²) in [6.45, 7) is 0.0831. The first-order valence-electron chi connectivity index (χ1n) is 9.65. The summed E-state index contributed by atoms with van der Waals surface area (Å²) >= 11 is 1.21. The molecule has 1 aliphatic rings. The van der Waals surface area contributed by atoms with E-state index in [2.05, 4.69) is 10.3 Å². The van der Waals surface area contributed by atoms with Crippen molar-refractivity contribution in [1.29, 1.82) is 0 Å². The Morgan fingerprint density at radius 3 is 2.47 bits per heavy atom. The second-order valence-corrected chi connectivity index (χ2v) is 8.11. The van der Waals surface area contributed by atoms with E-state index in [9.17, 15) is 18.8 Å². The maximum absolute atomic E-state index is 14.5. The van der Waals surface area contributed by atoms with Crippen LogP contribution in [0, 0.1) is 5.82 Å². The lowest BCUT2D eigenvalue weighted by Gasteiger charge is -2.13. The van der Waals surface area contributed by atoms with E-state index >= 15 is 0 Å². The maximum atomic E-state index is 14.5. The molecular weight excluding hydrogens is 437 g/mol. The van der Waals surface area contributed by atoms with Crippen molar-refractivity contribution >= 4 is 29.5 Å². The molecule has 1 aromatic heterocycles. The SMILES string of the molecule is O=C(Nc1nc(=O)n([C@H]2CO[C@@H](COC(=O)c3ccccc3)S2)cc1F)c1ccccc1. The lowest BCUT2D eigenvalue weighted by molar-refractivity contribution is 0.0273. The molecule has 10 heteroatoms. The van der Waals surface area contributed by atoms with Gasteiger partial charge in [0.05, 0.1) is 12.2 Å². The first kappa shape index (κ1) is 21.7. The van der Waals surface area contributed by atoms with Crippen LogP contribution in [0.2, 0.25) is 0 Å². The van der Waals surface area contributed by atoms with Gasteiger partial charge in [0.25, 0.3) is 5.91 Å². The minimum absolute atomic E-state index is 0.0230. The number of nitrogens with one attached hydrogen (secondary N) is 1. The molecular formula is C22H18FN3O5S. The molecule has 8 nitrogen and oxygen atoms in total. The summed E-state index contributed by atoms with van der Waals surface area (Å²) < 4.78 is 26.4. The van der Waals surface area contributed by atoms with E-state index in [0.717, 1.165) is 10.8 Å². The van der Waals surface area contributed by atoms with Crippen LogP contribution in [0.15, 0.2) is 71.7 Å². The highest BCUT2D eigenvalue weighted by Gasteiger charge is 2.30. The van der Waals surface area contributed by atoms with Crippen LogP contribution in [0.25, 0.3) is 0 Å². The largest absolute Gasteiger partial charge is 0.458 e. The Balaban J connectivity index is 1.38. The zero-order valence-electron chi connectivity index (χ0n) is 16.6. The van der Waals surface area contributed by atoms with Crippen LogP contribution < -0.4 is 11.0 Å². The molecule has 2 aromatic carbocycles. The summed E-state index contributed by atoms with van der Waals surface area (Å²) in [6.07, 6.45) is 0.981. The molecule has 2 atom stereocenters. The van der Waals surface area contributed by atoms with Crippen molar-refractivity contribution in [2.45, 2.75) is 10.8 Å². The molecule has 0 bridgehead atoms. The van der Waals surface area contributed by atoms with E-state index in [4.69, 9.17) is 9.47 Å². The summed E-state index contributed by atoms with van der Waals surface area (Å²) in [4.78, 5) is 40.3. The molecule has 1 N–H and O–H groups in total. The molecule has 2 heterocycles. The number of nitrogens with zero attached hydrogens (tertiary/aromatic N) is 2. The fraction of sp³-hybridized carbons (Fsp3) is 0.182. The van der Waals surface area contributed by atoms with E-state index in [0.29, 0.717) is 11.1 Å². The first-order chi connectivity index (χ1) is 15.5. The number of hydrogen-bond donors (Lipinski definition) is 1. The number of thioether (sulfide) groups is 1. The molecule has 0 unspecified atom stereocenters. The van der Waals surface area contributed by atoms with Crippen molar-refractivity contribution in [2.24, 2.45) is 0 Å². The van der Waals surface area contributed by atoms with Crippen LogP contribution in [-0.4, -0.2) is 40.1 Å². The third kappa shape index (κ3) is 5.04. The summed E-state index contributed by atoms with van der Waals surface area (Å²) in [6, 6.07) is 16.7. The molecule has 1 amide bonds. The first-order valence-corrected chi connectivity index (χ1v) is 10.6. The number of aromatic nitrogens is 2. The molecule has 0 saturated carbocycles. The van der Waals surface area contributed by atoms with Gasteiger partial charge < -0.3 is 14.8 Å². The van der Waals surface area contributed by atoms with E-state index in [-0.39, 0.29) is 13.2 Å². The number of esters is 1. The Morgan fingerprint density at radius 1 is 1.12 bits per heavy atom. The van der Waals surface area contributed by atoms with Gasteiger partial charge in [-0.25, -0.2) is 14.0 Å². The summed E-state index contributed by atoms with van der Waals surface area (Å²) in [5, 5.41) is 1.76. The smallest absolute Gasteiger partial charge is 0.350 e. The molecule has 0 aliphatic carbocycles. The topological polar surface area (TPSA) is 99.5 Å². The van der Waals surface area contributed by atoms with Gasteiger partial charge >= 0.3 is 11.7 Å². The molecule has 1 saturated heterocycles. The minimum atomic E-state index is -0.853. The van der Waals surface area contributed by atoms with Crippen molar-refractivity contribution in [2.75, 3.05) is 18.5 Å². The Hall–Kier alpha value is -3.50. The highest BCUT2D eigenvalue weighted by molar-refractivity contribution is 8.00. The standard InChI is InChI=1S/C22H18FN3O5S/c23-16-11-26(22(29)25-19(16)24-20(27)14-7-3-1-4-8-14)17-12-30-18(32-17)13-31-21(28)15-9-5-2-6-10-15/h1-11,17-18H,12-13H2,(H,24,25,27,29)/t17-,18-/m1/s1. The number of carbonyl (C=O) groups is 2. The van der Waals surface area contributed by atoms with E-state index in [1.807, 2.05) is 0 Å². The number of amides is 1. The number of ether oxygens (including phenoxy) is 2. The average Bonchev–Trinajstić information content (AvgIpc) is 3.29. The lowest BCUT2D eigenvalue weighted by atomic mass is 10.2. The zero-order valence-corrected chi connectivity index (χ0v) is 17.5. The predicted molar refractivity (Wildman–Crippen MR) is 116 cm³/mol. The zero-order chi connectivity index (χ0) is 22.5. The van der Waals surface area contributed by atoms with E-state index in [1.54, 1.807) is 60.7 Å². The van der Waals surface area contributed by atoms with Gasteiger partial charge in [0.2, 0.25) is 0 Å². The monoisotopic (exact) mass is 455 g/mol. The van der Waals surface area contributed by atoms with Crippen LogP contribution in [0.1, 0.15) is 26.1 Å². The molecule has 1 aliphatic heterocycles. The van der Waals surface area contributed by atoms with Crippen LogP contribution in [0.5, 0.6) is 0 Å². The molecule has 3 aromatic rings. The third-order valence-corrected chi connectivity index (χ3v) is 5.83. The summed E-state index contributed by atoms with van der Waals surface area (Å²) in [5.41, 5.74) is -0.522. The minimum Gasteiger partial charge on any atom is -0.458 e. The number of benzene rings is 2. The Labute approximate surface area is 186 Å². The molecule has 0 spiro atoms. The van der Waals surface area contributed by atoms with Crippen LogP contribution in [0.4, 0.5) is 10.2 Å². The third-order valence-electron chi connectivity index (χ3n) is 4.58. The quantitative estimate of drug-likeness (QED) is 0.570. The highest BCUT2D eigenvalue weighted by Crippen LogP contribution is 2.35. The lowest BCUT2D eigenvalue weighted by Crippen LogP contribution is -2.28. The number of rotatable bonds is 6. The molecule has 0 radical (unpaired) electrons. The van der Waals surface area contributed by atoms with Crippen molar-refractivity contribution in [3.05, 3.63) is 94.3 Å². The Kier molecular flexibility index (Phi) is 6.62. The van der Waals surface area contributed by atoms with E-state index in [1.165, 1.54) is 11.8 Å². The summed E-state index contributed by atoms with van der Waals surface area (Å²) in [5.74, 6) is -2.36. The van der Waals surface area contributed by atoms with Crippen molar-refractivity contribution in [3.8, 4) is 0 Å². The van der Waals surface area contributed by atoms with Crippen molar-refractivity contribution in [1.82, 2.24) is 9.55 Å². The normalized spacial score (nSPS) is 17.7. The number of carbonyl (C=O) groups excluding carboxylic acids is 2. The van der Waals surface area contributed by atoms with Crippen molar-refractivity contribution < 1.29 is 23.5 Å². The number of halogens is 1. The second kappa shape index (κ2) is 9.75. The van der Waals surface area contributed by atoms with Gasteiger partial charge in [-0.1, -0.05) is 48.2 Å². The average molecular weight is 455 g/mol. The van der Waals surface area contributed by atoms with Gasteiger partial charge in [-0.3, -0.25) is 9.36 Å². The maximum Gasteiger partial charge on any atom is 0.350 e. The fourth-order valence-corrected chi connectivity index (χ4v) is 4.08. The highest BCUT2D eigenvalue weighted by atomic mass is 32.2.